The summed E-state index contributed by atoms with van der Waals surface area (Å²) in [7, 11) is 1.68. The van der Waals surface area contributed by atoms with Gasteiger partial charge in [-0.1, -0.05) is 68.8 Å². The van der Waals surface area contributed by atoms with Crippen molar-refractivity contribution in [3.63, 3.8) is 0 Å². The molecule has 1 N–H and O–H groups in total. The molecule has 1 aliphatic heterocycles. The van der Waals surface area contributed by atoms with E-state index in [1.54, 1.807) is 7.11 Å². The lowest BCUT2D eigenvalue weighted by Gasteiger charge is -2.40. The van der Waals surface area contributed by atoms with Crippen LogP contribution in [0.5, 0.6) is 11.5 Å². The molecule has 0 spiro atoms. The van der Waals surface area contributed by atoms with Crippen molar-refractivity contribution in [1.82, 2.24) is 0 Å². The highest BCUT2D eigenvalue weighted by Gasteiger charge is 2.40. The van der Waals surface area contributed by atoms with E-state index >= 15 is 0 Å². The summed E-state index contributed by atoms with van der Waals surface area (Å²) in [6.07, 6.45) is 8.36. The minimum atomic E-state index is -0.399. The molecule has 2 aromatic rings. The number of benzene rings is 2. The number of thioether (sulfide) groups is 2. The maximum atomic E-state index is 11.5. The normalized spacial score (nSPS) is 16.1. The third-order valence-electron chi connectivity index (χ3n) is 6.58. The average Bonchev–Trinajstić information content (AvgIpc) is 2.93. The zero-order valence-electron chi connectivity index (χ0n) is 23.8. The first-order valence-corrected chi connectivity index (χ1v) is 15.8. The van der Waals surface area contributed by atoms with Crippen molar-refractivity contribution in [1.29, 1.82) is 0 Å². The average molecular weight is 545 g/mol. The standard InChI is InChI=1S/C30H42O3S2.C2H6/c1-23(2)10-8-11-24(3)16-17-30(34-18-9-19-35-30)29(31)21-26-14-15-27(28(20-26)32-4)33-22-25-12-6-5-7-13-25;1-2/h5-7,10,12-15,20,24,29,31H,8-9,11,16-19,21-22H2,1-4H3;1-2H3/t24-,29?;/m0./s1. The topological polar surface area (TPSA) is 38.7 Å². The van der Waals surface area contributed by atoms with Crippen LogP contribution >= 0.6 is 23.5 Å². The molecule has 0 bridgehead atoms. The molecule has 2 aromatic carbocycles. The van der Waals surface area contributed by atoms with Gasteiger partial charge in [0.05, 0.1) is 17.3 Å². The molecule has 0 aliphatic carbocycles. The van der Waals surface area contributed by atoms with Gasteiger partial charge >= 0.3 is 0 Å². The minimum Gasteiger partial charge on any atom is -0.493 e. The van der Waals surface area contributed by atoms with Crippen molar-refractivity contribution in [2.24, 2.45) is 5.92 Å². The molecule has 1 heterocycles. The quantitative estimate of drug-likeness (QED) is 0.255. The number of allylic oxidation sites excluding steroid dienone is 2. The molecule has 1 aliphatic rings. The van der Waals surface area contributed by atoms with Crippen LogP contribution in [-0.4, -0.2) is 33.9 Å². The molecule has 1 fully saturated rings. The summed E-state index contributed by atoms with van der Waals surface area (Å²) < 4.78 is 11.5. The first kappa shape index (κ1) is 31.7. The van der Waals surface area contributed by atoms with Gasteiger partial charge in [0.2, 0.25) is 0 Å². The number of ether oxygens (including phenoxy) is 2. The second-order valence-corrected chi connectivity index (χ2v) is 13.0. The fraction of sp³-hybridized carbons (Fsp3) is 0.562. The Labute approximate surface area is 234 Å². The number of rotatable bonds is 13. The number of methoxy groups -OCH3 is 1. The van der Waals surface area contributed by atoms with Crippen LogP contribution in [0.2, 0.25) is 0 Å². The summed E-state index contributed by atoms with van der Waals surface area (Å²) in [6.45, 7) is 11.2. The van der Waals surface area contributed by atoms with Crippen LogP contribution in [0.15, 0.2) is 60.2 Å². The molecule has 3 rings (SSSR count). The van der Waals surface area contributed by atoms with Crippen LogP contribution in [0.3, 0.4) is 0 Å². The summed E-state index contributed by atoms with van der Waals surface area (Å²) in [5.74, 6) is 4.38. The van der Waals surface area contributed by atoms with Crippen LogP contribution in [0.4, 0.5) is 0 Å². The molecule has 5 heteroatoms. The third-order valence-corrected chi connectivity index (χ3v) is 10.2. The Bertz CT molecular complexity index is 919. The predicted octanol–water partition coefficient (Wildman–Crippen LogP) is 8.93. The van der Waals surface area contributed by atoms with Gasteiger partial charge in [-0.05, 0) is 86.6 Å². The number of hydrogen-bond donors (Lipinski definition) is 1. The van der Waals surface area contributed by atoms with E-state index in [2.05, 4.69) is 45.0 Å². The predicted molar refractivity (Wildman–Crippen MR) is 164 cm³/mol. The Morgan fingerprint density at radius 2 is 1.70 bits per heavy atom. The fourth-order valence-electron chi connectivity index (χ4n) is 4.41. The highest BCUT2D eigenvalue weighted by atomic mass is 32.2. The van der Waals surface area contributed by atoms with Crippen molar-refractivity contribution in [3.05, 3.63) is 71.3 Å². The molecule has 0 aromatic heterocycles. The summed E-state index contributed by atoms with van der Waals surface area (Å²) in [5, 5.41) is 11.5. The van der Waals surface area contributed by atoms with Crippen LogP contribution < -0.4 is 9.47 Å². The van der Waals surface area contributed by atoms with Crippen molar-refractivity contribution in [2.75, 3.05) is 18.6 Å². The van der Waals surface area contributed by atoms with E-state index in [-0.39, 0.29) is 4.08 Å². The van der Waals surface area contributed by atoms with E-state index in [4.69, 9.17) is 9.47 Å². The van der Waals surface area contributed by atoms with Crippen LogP contribution in [0.1, 0.15) is 77.8 Å². The van der Waals surface area contributed by atoms with Gasteiger partial charge in [-0.2, -0.15) is 0 Å². The molecular weight excluding hydrogens is 496 g/mol. The van der Waals surface area contributed by atoms with E-state index in [0.717, 1.165) is 53.4 Å². The zero-order valence-corrected chi connectivity index (χ0v) is 25.4. The number of aliphatic hydroxyl groups is 1. The van der Waals surface area contributed by atoms with E-state index in [1.807, 2.05) is 67.7 Å². The van der Waals surface area contributed by atoms with Crippen molar-refractivity contribution >= 4 is 23.5 Å². The van der Waals surface area contributed by atoms with E-state index in [0.29, 0.717) is 18.9 Å². The smallest absolute Gasteiger partial charge is 0.161 e. The molecule has 1 unspecified atom stereocenters. The van der Waals surface area contributed by atoms with Gasteiger partial charge in [-0.25, -0.2) is 0 Å². The molecule has 0 amide bonds. The van der Waals surface area contributed by atoms with Gasteiger partial charge in [0.1, 0.15) is 6.61 Å². The molecule has 206 valence electrons. The van der Waals surface area contributed by atoms with Crippen LogP contribution in [0, 0.1) is 5.92 Å². The molecule has 0 saturated carbocycles. The van der Waals surface area contributed by atoms with Crippen molar-refractivity contribution in [2.45, 2.75) is 89.9 Å². The van der Waals surface area contributed by atoms with E-state index in [9.17, 15) is 5.11 Å². The third kappa shape index (κ3) is 10.6. The molecule has 0 radical (unpaired) electrons. The lowest BCUT2D eigenvalue weighted by Crippen LogP contribution is -2.40. The first-order valence-electron chi connectivity index (χ1n) is 13.8. The summed E-state index contributed by atoms with van der Waals surface area (Å²) >= 11 is 3.95. The Balaban J connectivity index is 0.00000235. The molecule has 2 atom stereocenters. The van der Waals surface area contributed by atoms with E-state index in [1.165, 1.54) is 18.4 Å². The molecule has 3 nitrogen and oxygen atoms in total. The van der Waals surface area contributed by atoms with Crippen molar-refractivity contribution < 1.29 is 14.6 Å². The highest BCUT2D eigenvalue weighted by molar-refractivity contribution is 8.18. The largest absolute Gasteiger partial charge is 0.493 e. The number of hydrogen-bond acceptors (Lipinski definition) is 5. The Hall–Kier alpha value is -1.56. The van der Waals surface area contributed by atoms with Gasteiger partial charge < -0.3 is 14.6 Å². The Kier molecular flexibility index (Phi) is 14.6. The van der Waals surface area contributed by atoms with Crippen LogP contribution in [0.25, 0.3) is 0 Å². The molecule has 37 heavy (non-hydrogen) atoms. The molecular formula is C32H48O3S2. The second kappa shape index (κ2) is 17.1. The summed E-state index contributed by atoms with van der Waals surface area (Å²) in [4.78, 5) is 0. The van der Waals surface area contributed by atoms with Crippen LogP contribution in [-0.2, 0) is 13.0 Å². The maximum absolute atomic E-state index is 11.5. The Morgan fingerprint density at radius 1 is 1.00 bits per heavy atom. The van der Waals surface area contributed by atoms with Gasteiger partial charge in [0, 0.05) is 6.42 Å². The Morgan fingerprint density at radius 3 is 2.35 bits per heavy atom. The lowest BCUT2D eigenvalue weighted by atomic mass is 9.95. The SMILES string of the molecule is CC.COc1cc(CC(O)C2(CC[C@@H](C)CCC=C(C)C)SCCCS2)ccc1OCc1ccccc1. The van der Waals surface area contributed by atoms with Gasteiger partial charge in [0.15, 0.2) is 11.5 Å². The lowest BCUT2D eigenvalue weighted by molar-refractivity contribution is 0.153. The molecule has 1 saturated heterocycles. The van der Waals surface area contributed by atoms with Crippen molar-refractivity contribution in [3.8, 4) is 11.5 Å². The second-order valence-electron chi connectivity index (χ2n) is 9.84. The monoisotopic (exact) mass is 544 g/mol. The summed E-state index contributed by atoms with van der Waals surface area (Å²) in [5.41, 5.74) is 3.61. The summed E-state index contributed by atoms with van der Waals surface area (Å²) in [6, 6.07) is 16.2. The first-order chi connectivity index (χ1) is 17.9. The fourth-order valence-corrected chi connectivity index (χ4v) is 7.77. The highest BCUT2D eigenvalue weighted by Crippen LogP contribution is 2.49. The van der Waals surface area contributed by atoms with Gasteiger partial charge in [0.25, 0.3) is 0 Å². The maximum Gasteiger partial charge on any atom is 0.161 e. The van der Waals surface area contributed by atoms with Gasteiger partial charge in [-0.3, -0.25) is 0 Å². The van der Waals surface area contributed by atoms with Gasteiger partial charge in [-0.15, -0.1) is 23.5 Å². The zero-order chi connectivity index (χ0) is 27.1. The minimum absolute atomic E-state index is 0.126. The number of aliphatic hydroxyl groups excluding tert-OH is 1. The van der Waals surface area contributed by atoms with E-state index < -0.39 is 6.10 Å².